The van der Waals surface area contributed by atoms with Gasteiger partial charge < -0.3 is 10.2 Å². The molecule has 0 bridgehead atoms. The van der Waals surface area contributed by atoms with Gasteiger partial charge in [-0.15, -0.1) is 11.3 Å². The molecule has 2 aromatic rings. The van der Waals surface area contributed by atoms with Gasteiger partial charge in [0.05, 0.1) is 10.7 Å². The molecule has 1 aromatic heterocycles. The van der Waals surface area contributed by atoms with Gasteiger partial charge in [0.15, 0.2) is 0 Å². The highest BCUT2D eigenvalue weighted by molar-refractivity contribution is 7.10. The predicted molar refractivity (Wildman–Crippen MR) is 62.9 cm³/mol. The van der Waals surface area contributed by atoms with Gasteiger partial charge in [-0.1, -0.05) is 0 Å². The van der Waals surface area contributed by atoms with Gasteiger partial charge in [0.25, 0.3) is 0 Å². The van der Waals surface area contributed by atoms with Gasteiger partial charge >= 0.3 is 0 Å². The van der Waals surface area contributed by atoms with Crippen LogP contribution in [0.25, 0.3) is 11.3 Å². The monoisotopic (exact) mass is 233 g/mol. The number of aromatic hydroxyl groups is 2. The Balaban J connectivity index is 2.00. The molecular weight excluding hydrogens is 222 g/mol. The lowest BCUT2D eigenvalue weighted by atomic mass is 10.1. The summed E-state index contributed by atoms with van der Waals surface area (Å²) in [5.74, 6) is 0.782. The van der Waals surface area contributed by atoms with E-state index in [2.05, 4.69) is 4.98 Å². The summed E-state index contributed by atoms with van der Waals surface area (Å²) < 4.78 is 0. The van der Waals surface area contributed by atoms with Gasteiger partial charge in [0, 0.05) is 22.9 Å². The first kappa shape index (κ1) is 9.66. The van der Waals surface area contributed by atoms with Gasteiger partial charge in [0.1, 0.15) is 11.5 Å². The summed E-state index contributed by atoms with van der Waals surface area (Å²) in [6.45, 7) is 0. The van der Waals surface area contributed by atoms with E-state index in [0.29, 0.717) is 11.5 Å². The molecule has 3 rings (SSSR count). The number of thiazole rings is 1. The van der Waals surface area contributed by atoms with Crippen LogP contribution in [0, 0.1) is 0 Å². The van der Waals surface area contributed by atoms with E-state index in [0.717, 1.165) is 10.7 Å². The highest BCUT2D eigenvalue weighted by Gasteiger charge is 2.27. The molecule has 1 saturated carbocycles. The zero-order valence-corrected chi connectivity index (χ0v) is 9.37. The molecule has 1 aliphatic rings. The van der Waals surface area contributed by atoms with Crippen LogP contribution in [-0.4, -0.2) is 15.2 Å². The van der Waals surface area contributed by atoms with Crippen LogP contribution in [-0.2, 0) is 0 Å². The Bertz CT molecular complexity index is 532. The Hall–Kier alpha value is -1.55. The number of nitrogens with zero attached hydrogens (tertiary/aromatic N) is 1. The van der Waals surface area contributed by atoms with Crippen molar-refractivity contribution in [2.45, 2.75) is 18.8 Å². The van der Waals surface area contributed by atoms with Crippen molar-refractivity contribution in [3.63, 3.8) is 0 Å². The Morgan fingerprint density at radius 3 is 2.75 bits per heavy atom. The van der Waals surface area contributed by atoms with E-state index in [1.165, 1.54) is 18.9 Å². The lowest BCUT2D eigenvalue weighted by Crippen LogP contribution is -1.81. The molecule has 1 heterocycles. The first-order chi connectivity index (χ1) is 7.74. The van der Waals surface area contributed by atoms with E-state index >= 15 is 0 Å². The van der Waals surface area contributed by atoms with E-state index in [-0.39, 0.29) is 11.5 Å². The maximum atomic E-state index is 9.71. The van der Waals surface area contributed by atoms with Crippen molar-refractivity contribution in [3.05, 3.63) is 28.6 Å². The van der Waals surface area contributed by atoms with Gasteiger partial charge in [-0.3, -0.25) is 0 Å². The van der Waals surface area contributed by atoms with Crippen molar-refractivity contribution in [2.75, 3.05) is 0 Å². The smallest absolute Gasteiger partial charge is 0.128 e. The van der Waals surface area contributed by atoms with Crippen molar-refractivity contribution in [1.29, 1.82) is 0 Å². The van der Waals surface area contributed by atoms with Crippen molar-refractivity contribution >= 4 is 11.3 Å². The summed E-state index contributed by atoms with van der Waals surface area (Å²) in [6, 6.07) is 4.59. The number of aromatic nitrogens is 1. The normalized spacial score (nSPS) is 15.2. The summed E-state index contributed by atoms with van der Waals surface area (Å²) >= 11 is 1.64. The van der Waals surface area contributed by atoms with E-state index in [4.69, 9.17) is 0 Å². The second kappa shape index (κ2) is 3.49. The minimum atomic E-state index is 0.0684. The highest BCUT2D eigenvalue weighted by Crippen LogP contribution is 2.43. The molecule has 4 heteroatoms. The Labute approximate surface area is 97.0 Å². The highest BCUT2D eigenvalue weighted by atomic mass is 32.1. The molecule has 2 N–H and O–H groups in total. The van der Waals surface area contributed by atoms with Crippen molar-refractivity contribution in [1.82, 2.24) is 4.98 Å². The fourth-order valence-corrected chi connectivity index (χ4v) is 2.66. The topological polar surface area (TPSA) is 53.4 Å². The zero-order chi connectivity index (χ0) is 11.1. The summed E-state index contributed by atoms with van der Waals surface area (Å²) in [5, 5.41) is 22.0. The van der Waals surface area contributed by atoms with E-state index in [9.17, 15) is 10.2 Å². The Kier molecular flexibility index (Phi) is 2.11. The van der Waals surface area contributed by atoms with Gasteiger partial charge in [-0.05, 0) is 25.0 Å². The summed E-state index contributed by atoms with van der Waals surface area (Å²) in [6.07, 6.45) is 2.46. The van der Waals surface area contributed by atoms with E-state index in [1.807, 2.05) is 5.38 Å². The molecule has 0 aliphatic heterocycles. The molecule has 0 amide bonds. The lowest BCUT2D eigenvalue weighted by Gasteiger charge is -2.01. The molecular formula is C12H11NO2S. The molecule has 0 atom stereocenters. The van der Waals surface area contributed by atoms with Gasteiger partial charge in [0.2, 0.25) is 0 Å². The fraction of sp³-hybridized carbons (Fsp3) is 0.250. The van der Waals surface area contributed by atoms with Crippen LogP contribution >= 0.6 is 11.3 Å². The number of phenols is 2. The SMILES string of the molecule is Oc1ccc(-c2csc(C3CC3)n2)c(O)c1. The number of rotatable bonds is 2. The van der Waals surface area contributed by atoms with E-state index < -0.39 is 0 Å². The minimum absolute atomic E-state index is 0.0684. The van der Waals surface area contributed by atoms with Gasteiger partial charge in [-0.25, -0.2) is 4.98 Å². The Morgan fingerprint density at radius 1 is 1.25 bits per heavy atom. The standard InChI is InChI=1S/C12H11NO2S/c14-8-3-4-9(11(15)5-8)10-6-16-12(13-10)7-1-2-7/h3-7,14-15H,1-2H2. The number of hydrogen-bond acceptors (Lipinski definition) is 4. The second-order valence-electron chi connectivity index (χ2n) is 4.05. The maximum Gasteiger partial charge on any atom is 0.128 e. The van der Waals surface area contributed by atoms with Crippen molar-refractivity contribution in [2.24, 2.45) is 0 Å². The molecule has 0 unspecified atom stereocenters. The van der Waals surface area contributed by atoms with Crippen molar-refractivity contribution < 1.29 is 10.2 Å². The van der Waals surface area contributed by atoms with Crippen LogP contribution in [0.5, 0.6) is 11.5 Å². The van der Waals surface area contributed by atoms with Crippen LogP contribution in [0.2, 0.25) is 0 Å². The summed E-state index contributed by atoms with van der Waals surface area (Å²) in [4.78, 5) is 4.51. The van der Waals surface area contributed by atoms with Crippen molar-refractivity contribution in [3.8, 4) is 22.8 Å². The van der Waals surface area contributed by atoms with Crippen LogP contribution < -0.4 is 0 Å². The first-order valence-electron chi connectivity index (χ1n) is 5.22. The number of hydrogen-bond donors (Lipinski definition) is 2. The van der Waals surface area contributed by atoms with Gasteiger partial charge in [-0.2, -0.15) is 0 Å². The maximum absolute atomic E-state index is 9.71. The zero-order valence-electron chi connectivity index (χ0n) is 8.55. The largest absolute Gasteiger partial charge is 0.508 e. The third kappa shape index (κ3) is 1.65. The third-order valence-corrected chi connectivity index (χ3v) is 3.71. The second-order valence-corrected chi connectivity index (χ2v) is 4.94. The number of phenolic OH excluding ortho intramolecular Hbond substituents is 2. The van der Waals surface area contributed by atoms with Crippen LogP contribution in [0.15, 0.2) is 23.6 Å². The van der Waals surface area contributed by atoms with Crippen LogP contribution in [0.3, 0.4) is 0 Å². The minimum Gasteiger partial charge on any atom is -0.508 e. The number of benzene rings is 1. The molecule has 0 spiro atoms. The molecule has 0 radical (unpaired) electrons. The molecule has 82 valence electrons. The molecule has 1 fully saturated rings. The first-order valence-corrected chi connectivity index (χ1v) is 6.10. The predicted octanol–water partition coefficient (Wildman–Crippen LogP) is 3.10. The third-order valence-electron chi connectivity index (χ3n) is 2.71. The average molecular weight is 233 g/mol. The average Bonchev–Trinajstić information content (AvgIpc) is 2.98. The summed E-state index contributed by atoms with van der Waals surface area (Å²) in [7, 11) is 0. The Morgan fingerprint density at radius 2 is 2.06 bits per heavy atom. The van der Waals surface area contributed by atoms with Crippen LogP contribution in [0.1, 0.15) is 23.8 Å². The van der Waals surface area contributed by atoms with Crippen LogP contribution in [0.4, 0.5) is 0 Å². The molecule has 16 heavy (non-hydrogen) atoms. The fourth-order valence-electron chi connectivity index (χ4n) is 1.67. The molecule has 3 nitrogen and oxygen atoms in total. The summed E-state index contributed by atoms with van der Waals surface area (Å²) in [5.41, 5.74) is 1.48. The molecule has 1 aliphatic carbocycles. The van der Waals surface area contributed by atoms with E-state index in [1.54, 1.807) is 23.5 Å². The molecule has 1 aromatic carbocycles. The quantitative estimate of drug-likeness (QED) is 0.838. The lowest BCUT2D eigenvalue weighted by molar-refractivity contribution is 0.452. The molecule has 0 saturated heterocycles.